The van der Waals surface area contributed by atoms with E-state index < -0.39 is 52.4 Å². The Hall–Kier alpha value is -4.56. The highest BCUT2D eigenvalue weighted by Crippen LogP contribution is 2.36. The van der Waals surface area contributed by atoms with Crippen LogP contribution < -0.4 is 21.5 Å². The van der Waals surface area contributed by atoms with Crippen LogP contribution in [0.15, 0.2) is 35.6 Å². The molecule has 2 amide bonds. The summed E-state index contributed by atoms with van der Waals surface area (Å²) >= 11 is 6.36. The van der Waals surface area contributed by atoms with Crippen molar-refractivity contribution in [1.82, 2.24) is 24.0 Å². The second-order valence-corrected chi connectivity index (χ2v) is 11.1. The molecule has 4 heterocycles. The van der Waals surface area contributed by atoms with Crippen molar-refractivity contribution in [3.63, 3.8) is 0 Å². The van der Waals surface area contributed by atoms with Crippen LogP contribution in [0.2, 0.25) is 5.02 Å². The minimum Gasteiger partial charge on any atom is -0.504 e. The fraction of sp³-hybridized carbons (Fsp3) is 0.321. The first kappa shape index (κ1) is 29.9. The molecule has 0 radical (unpaired) electrons. The number of aromatic nitrogens is 4. The van der Waals surface area contributed by atoms with Gasteiger partial charge in [0.25, 0.3) is 11.5 Å². The lowest BCUT2D eigenvalue weighted by Gasteiger charge is -2.43. The van der Waals surface area contributed by atoms with Crippen LogP contribution in [0.4, 0.5) is 20.3 Å². The van der Waals surface area contributed by atoms with Crippen molar-refractivity contribution in [3.05, 3.63) is 63.4 Å². The molecule has 12 nitrogen and oxygen atoms in total. The summed E-state index contributed by atoms with van der Waals surface area (Å²) in [6.45, 7) is 5.30. The summed E-state index contributed by atoms with van der Waals surface area (Å²) in [5.41, 5.74) is 3.58. The molecule has 0 bridgehead atoms. The van der Waals surface area contributed by atoms with E-state index >= 15 is 4.39 Å². The predicted octanol–water partition coefficient (Wildman–Crippen LogP) is 2.70. The smallest absolute Gasteiger partial charge is 0.263 e. The number of carbonyl (C=O) groups excluding carboxylic acids is 2. The Kier molecular flexibility index (Phi) is 7.84. The summed E-state index contributed by atoms with van der Waals surface area (Å²) in [6.07, 6.45) is 3.91. The third-order valence-corrected chi connectivity index (χ3v) is 8.09. The minimum atomic E-state index is -1.71. The van der Waals surface area contributed by atoms with Crippen molar-refractivity contribution >= 4 is 46.0 Å². The highest BCUT2D eigenvalue weighted by atomic mass is 35.5. The Bertz CT molecular complexity index is 1830. The molecular formula is C28H29ClF2N8O4. The molecule has 0 aliphatic carbocycles. The van der Waals surface area contributed by atoms with Crippen molar-refractivity contribution in [2.45, 2.75) is 32.5 Å². The van der Waals surface area contributed by atoms with Crippen molar-refractivity contribution in [2.24, 2.45) is 12.8 Å². The van der Waals surface area contributed by atoms with Crippen LogP contribution in [0, 0.1) is 11.6 Å². The predicted molar refractivity (Wildman–Crippen MR) is 157 cm³/mol. The van der Waals surface area contributed by atoms with Gasteiger partial charge in [0.2, 0.25) is 11.7 Å². The minimum absolute atomic E-state index is 0.00341. The summed E-state index contributed by atoms with van der Waals surface area (Å²) in [5, 5.41) is 12.7. The molecule has 43 heavy (non-hydrogen) atoms. The molecule has 4 aromatic rings. The van der Waals surface area contributed by atoms with Gasteiger partial charge in [-0.15, -0.1) is 0 Å². The van der Waals surface area contributed by atoms with Crippen LogP contribution in [0.25, 0.3) is 22.2 Å². The summed E-state index contributed by atoms with van der Waals surface area (Å²) in [7, 11) is 3.48. The van der Waals surface area contributed by atoms with Gasteiger partial charge < -0.3 is 30.2 Å². The van der Waals surface area contributed by atoms with E-state index in [1.165, 1.54) is 30.3 Å². The molecule has 2 atom stereocenters. The molecule has 1 aliphatic heterocycles. The highest BCUT2D eigenvalue weighted by Gasteiger charge is 2.28. The van der Waals surface area contributed by atoms with Gasteiger partial charge in [-0.2, -0.15) is 4.39 Å². The van der Waals surface area contributed by atoms with Crippen LogP contribution >= 0.6 is 11.6 Å². The van der Waals surface area contributed by atoms with Crippen molar-refractivity contribution in [1.29, 1.82) is 0 Å². The number of nitrogens with zero attached hydrogens (tertiary/aromatic N) is 6. The van der Waals surface area contributed by atoms with Gasteiger partial charge in [0.05, 0.1) is 34.2 Å². The molecule has 1 saturated heterocycles. The average molecular weight is 615 g/mol. The molecule has 1 aromatic carbocycles. The molecule has 0 spiro atoms. The number of likely N-dealkylation sites (N-methyl/N-ethyl adjacent to an activating group) is 1. The third kappa shape index (κ3) is 5.39. The maximum atomic E-state index is 15.1. The van der Waals surface area contributed by atoms with Crippen LogP contribution in [-0.2, 0) is 18.4 Å². The Morgan fingerprint density at radius 1 is 1.12 bits per heavy atom. The zero-order valence-corrected chi connectivity index (χ0v) is 24.5. The largest absolute Gasteiger partial charge is 0.504 e. The second-order valence-electron chi connectivity index (χ2n) is 10.7. The number of aryl methyl sites for hydroxylation is 1. The number of amides is 2. The zero-order valence-electron chi connectivity index (χ0n) is 23.7. The SMILES string of the molecule is C[C@@H]1CN(c2cc(NC(=O)Cn3cc(-c4cc(C(N)=O)c(O)c(F)c4F)c4c(=O)n(C)cnc43)c(Cl)cn2)C[C@H](C)N1C. The molecule has 1 aliphatic rings. The van der Waals surface area contributed by atoms with Gasteiger partial charge >= 0.3 is 0 Å². The number of fused-ring (bicyclic) bond motifs is 1. The summed E-state index contributed by atoms with van der Waals surface area (Å²) in [6, 6.07) is 3.08. The number of nitrogens with one attached hydrogen (secondary N) is 1. The molecular weight excluding hydrogens is 586 g/mol. The van der Waals surface area contributed by atoms with Gasteiger partial charge in [-0.3, -0.25) is 19.3 Å². The quantitative estimate of drug-likeness (QED) is 0.300. The maximum absolute atomic E-state index is 15.1. The first-order valence-electron chi connectivity index (χ1n) is 13.3. The van der Waals surface area contributed by atoms with E-state index in [0.29, 0.717) is 11.5 Å². The molecule has 1 fully saturated rings. The number of hydrogen-bond donors (Lipinski definition) is 3. The van der Waals surface area contributed by atoms with E-state index in [9.17, 15) is 23.9 Å². The van der Waals surface area contributed by atoms with E-state index in [1.54, 1.807) is 6.07 Å². The van der Waals surface area contributed by atoms with Crippen molar-refractivity contribution < 1.29 is 23.5 Å². The molecule has 3 aromatic heterocycles. The second kappa shape index (κ2) is 11.3. The Morgan fingerprint density at radius 2 is 1.79 bits per heavy atom. The van der Waals surface area contributed by atoms with Gasteiger partial charge in [-0.25, -0.2) is 14.4 Å². The lowest BCUT2D eigenvalue weighted by molar-refractivity contribution is -0.116. The number of pyridine rings is 1. The Morgan fingerprint density at radius 3 is 2.44 bits per heavy atom. The van der Waals surface area contributed by atoms with Gasteiger partial charge in [0.1, 0.15) is 18.0 Å². The fourth-order valence-corrected chi connectivity index (χ4v) is 5.37. The zero-order chi connectivity index (χ0) is 31.3. The van der Waals surface area contributed by atoms with E-state index in [-0.39, 0.29) is 33.7 Å². The van der Waals surface area contributed by atoms with Crippen LogP contribution in [-0.4, -0.2) is 73.1 Å². The standard InChI is InChI=1S/C28H29ClF2N8O4/c1-13-8-38(9-14(2)37(13)4)20-6-19(18(29)7-33-20)35-21(40)11-39-10-17(22-27(39)34-12-36(3)28(22)43)15-5-16(26(32)42)25(41)24(31)23(15)30/h5-7,10,12-14,41H,8-9,11H2,1-4H3,(H2,32,42)(H,33,35,40)/t13-,14+. The molecule has 5 rings (SSSR count). The molecule has 0 saturated carbocycles. The number of aromatic hydroxyl groups is 1. The number of rotatable bonds is 6. The fourth-order valence-electron chi connectivity index (χ4n) is 5.22. The summed E-state index contributed by atoms with van der Waals surface area (Å²) in [4.78, 5) is 51.2. The topological polar surface area (TPSA) is 152 Å². The van der Waals surface area contributed by atoms with Crippen LogP contribution in [0.3, 0.4) is 0 Å². The number of carbonyl (C=O) groups is 2. The summed E-state index contributed by atoms with van der Waals surface area (Å²) in [5.74, 6) is -5.60. The molecule has 15 heteroatoms. The molecule has 4 N–H and O–H groups in total. The van der Waals surface area contributed by atoms with Gasteiger partial charge in [-0.1, -0.05) is 11.6 Å². The number of primary amides is 1. The van der Waals surface area contributed by atoms with Crippen LogP contribution in [0.5, 0.6) is 5.75 Å². The molecule has 226 valence electrons. The van der Waals surface area contributed by atoms with Crippen LogP contribution in [0.1, 0.15) is 24.2 Å². The normalized spacial score (nSPS) is 17.4. The first-order chi connectivity index (χ1) is 20.3. The lowest BCUT2D eigenvalue weighted by atomic mass is 10.0. The lowest BCUT2D eigenvalue weighted by Crippen LogP contribution is -2.55. The van der Waals surface area contributed by atoms with E-state index in [4.69, 9.17) is 17.3 Å². The number of hydrogen-bond acceptors (Lipinski definition) is 8. The maximum Gasteiger partial charge on any atom is 0.263 e. The Labute approximate surface area is 249 Å². The van der Waals surface area contributed by atoms with E-state index in [2.05, 4.69) is 46.0 Å². The first-order valence-corrected chi connectivity index (χ1v) is 13.6. The number of halogens is 3. The number of anilines is 2. The van der Waals surface area contributed by atoms with Gasteiger partial charge in [-0.05, 0) is 27.0 Å². The number of nitrogens with two attached hydrogens (primary N) is 1. The molecule has 0 unspecified atom stereocenters. The van der Waals surface area contributed by atoms with Gasteiger partial charge in [0, 0.05) is 55.6 Å². The van der Waals surface area contributed by atoms with E-state index in [0.717, 1.165) is 23.7 Å². The van der Waals surface area contributed by atoms with Crippen molar-refractivity contribution in [3.8, 4) is 16.9 Å². The Balaban J connectivity index is 1.50. The number of piperazine rings is 1. The van der Waals surface area contributed by atoms with Crippen molar-refractivity contribution in [2.75, 3.05) is 30.4 Å². The average Bonchev–Trinajstić information content (AvgIpc) is 3.31. The van der Waals surface area contributed by atoms with E-state index in [1.807, 2.05) is 0 Å². The van der Waals surface area contributed by atoms with Gasteiger partial charge in [0.15, 0.2) is 11.6 Å². The monoisotopic (exact) mass is 614 g/mol. The third-order valence-electron chi connectivity index (χ3n) is 7.79. The summed E-state index contributed by atoms with van der Waals surface area (Å²) < 4.78 is 32.1. The number of phenols is 1. The highest BCUT2D eigenvalue weighted by molar-refractivity contribution is 6.33. The number of benzene rings is 1.